The van der Waals surface area contributed by atoms with Crippen LogP contribution in [0, 0.1) is 5.82 Å². The number of aromatic nitrogens is 1. The Balaban J connectivity index is 2.64. The molecular weight excluding hydrogens is 167 g/mol. The Morgan fingerprint density at radius 2 is 2.45 bits per heavy atom. The maximum atomic E-state index is 12.9. The van der Waals surface area contributed by atoms with Gasteiger partial charge in [0.1, 0.15) is 5.15 Å². The molecule has 0 amide bonds. The standard InChI is InChI=1S/C7H6ClFN2/c8-7-4-1-2-10-6(4)5(9)3-11-7/h3,10H,1-2H2. The number of nitrogens with one attached hydrogen (secondary N) is 1. The Morgan fingerprint density at radius 3 is 3.18 bits per heavy atom. The highest BCUT2D eigenvalue weighted by molar-refractivity contribution is 6.30. The Bertz CT molecular complexity index is 272. The van der Waals surface area contributed by atoms with Crippen LogP contribution in [0.25, 0.3) is 0 Å². The maximum absolute atomic E-state index is 12.9. The third kappa shape index (κ3) is 0.959. The third-order valence-corrected chi connectivity index (χ3v) is 2.08. The number of rotatable bonds is 0. The molecule has 4 heteroatoms. The molecular formula is C7H6ClFN2. The van der Waals surface area contributed by atoms with Crippen molar-refractivity contribution in [2.24, 2.45) is 0 Å². The number of fused-ring (bicyclic) bond motifs is 1. The Hall–Kier alpha value is -0.830. The van der Waals surface area contributed by atoms with Gasteiger partial charge in [-0.15, -0.1) is 0 Å². The van der Waals surface area contributed by atoms with Gasteiger partial charge in [-0.05, 0) is 6.42 Å². The highest BCUT2D eigenvalue weighted by Crippen LogP contribution is 2.29. The van der Waals surface area contributed by atoms with Crippen LogP contribution in [0.1, 0.15) is 5.56 Å². The lowest BCUT2D eigenvalue weighted by molar-refractivity contribution is 0.625. The van der Waals surface area contributed by atoms with Gasteiger partial charge in [-0.25, -0.2) is 9.37 Å². The predicted octanol–water partition coefficient (Wildman–Crippen LogP) is 1.84. The second-order valence-electron chi connectivity index (χ2n) is 2.43. The summed E-state index contributed by atoms with van der Waals surface area (Å²) in [6.07, 6.45) is 1.90. The van der Waals surface area contributed by atoms with Crippen LogP contribution in [0.4, 0.5) is 10.1 Å². The number of hydrogen-bond donors (Lipinski definition) is 1. The molecule has 0 aromatic carbocycles. The second kappa shape index (κ2) is 2.34. The summed E-state index contributed by atoms with van der Waals surface area (Å²) < 4.78 is 12.9. The first kappa shape index (κ1) is 6.85. The van der Waals surface area contributed by atoms with E-state index < -0.39 is 0 Å². The molecule has 1 N–H and O–H groups in total. The summed E-state index contributed by atoms with van der Waals surface area (Å²) in [5.41, 5.74) is 1.32. The SMILES string of the molecule is Fc1cnc(Cl)c2c1NCC2. The zero-order chi connectivity index (χ0) is 7.84. The molecule has 2 nitrogen and oxygen atoms in total. The van der Waals surface area contributed by atoms with Gasteiger partial charge in [0, 0.05) is 12.1 Å². The highest BCUT2D eigenvalue weighted by Gasteiger charge is 2.17. The summed E-state index contributed by atoms with van der Waals surface area (Å²) >= 11 is 5.72. The molecule has 1 aromatic rings. The van der Waals surface area contributed by atoms with Crippen molar-refractivity contribution >= 4 is 17.3 Å². The Labute approximate surface area is 68.4 Å². The lowest BCUT2D eigenvalue weighted by Crippen LogP contribution is -1.93. The van der Waals surface area contributed by atoms with Crippen LogP contribution in [-0.2, 0) is 6.42 Å². The molecule has 58 valence electrons. The van der Waals surface area contributed by atoms with Gasteiger partial charge < -0.3 is 5.32 Å². The number of anilines is 1. The molecule has 2 rings (SSSR count). The van der Waals surface area contributed by atoms with Crippen LogP contribution >= 0.6 is 11.6 Å². The molecule has 0 aliphatic carbocycles. The first-order valence-corrected chi connectivity index (χ1v) is 3.73. The lowest BCUT2D eigenvalue weighted by Gasteiger charge is -2.00. The predicted molar refractivity (Wildman–Crippen MR) is 41.4 cm³/mol. The van der Waals surface area contributed by atoms with Crippen molar-refractivity contribution < 1.29 is 4.39 Å². The van der Waals surface area contributed by atoms with Gasteiger partial charge in [0.25, 0.3) is 0 Å². The normalized spacial score (nSPS) is 14.4. The van der Waals surface area contributed by atoms with Gasteiger partial charge in [-0.2, -0.15) is 0 Å². The average Bonchev–Trinajstić information content (AvgIpc) is 2.45. The van der Waals surface area contributed by atoms with E-state index in [9.17, 15) is 4.39 Å². The van der Waals surface area contributed by atoms with E-state index in [-0.39, 0.29) is 5.82 Å². The number of nitrogens with zero attached hydrogens (tertiary/aromatic N) is 1. The van der Waals surface area contributed by atoms with Crippen molar-refractivity contribution in [3.05, 3.63) is 22.7 Å². The zero-order valence-electron chi connectivity index (χ0n) is 5.69. The van der Waals surface area contributed by atoms with Gasteiger partial charge >= 0.3 is 0 Å². The first-order chi connectivity index (χ1) is 5.29. The fraction of sp³-hybridized carbons (Fsp3) is 0.286. The van der Waals surface area contributed by atoms with E-state index in [1.807, 2.05) is 0 Å². The molecule has 11 heavy (non-hydrogen) atoms. The maximum Gasteiger partial charge on any atom is 0.164 e. The van der Waals surface area contributed by atoms with Gasteiger partial charge in [0.2, 0.25) is 0 Å². The van der Waals surface area contributed by atoms with Gasteiger partial charge in [-0.1, -0.05) is 11.6 Å². The quantitative estimate of drug-likeness (QED) is 0.604. The minimum Gasteiger partial charge on any atom is -0.382 e. The summed E-state index contributed by atoms with van der Waals surface area (Å²) in [5, 5.41) is 3.32. The Kier molecular flexibility index (Phi) is 1.46. The summed E-state index contributed by atoms with van der Waals surface area (Å²) in [4.78, 5) is 3.70. The first-order valence-electron chi connectivity index (χ1n) is 3.36. The van der Waals surface area contributed by atoms with Crippen molar-refractivity contribution in [1.29, 1.82) is 0 Å². The largest absolute Gasteiger partial charge is 0.382 e. The van der Waals surface area contributed by atoms with Crippen molar-refractivity contribution in [3.8, 4) is 0 Å². The van der Waals surface area contributed by atoms with Crippen LogP contribution in [0.3, 0.4) is 0 Å². The van der Waals surface area contributed by atoms with Crippen LogP contribution in [0.2, 0.25) is 5.15 Å². The molecule has 0 bridgehead atoms. The minimum atomic E-state index is -0.318. The van der Waals surface area contributed by atoms with Gasteiger partial charge in [0.15, 0.2) is 5.82 Å². The molecule has 2 heterocycles. The van der Waals surface area contributed by atoms with Crippen molar-refractivity contribution in [2.45, 2.75) is 6.42 Å². The van der Waals surface area contributed by atoms with Crippen LogP contribution < -0.4 is 5.32 Å². The summed E-state index contributed by atoms with van der Waals surface area (Å²) in [6.45, 7) is 0.748. The smallest absolute Gasteiger partial charge is 0.164 e. The number of hydrogen-bond acceptors (Lipinski definition) is 2. The topological polar surface area (TPSA) is 24.9 Å². The Morgan fingerprint density at radius 1 is 1.64 bits per heavy atom. The van der Waals surface area contributed by atoms with Gasteiger partial charge in [-0.3, -0.25) is 0 Å². The minimum absolute atomic E-state index is 0.318. The number of pyridine rings is 1. The average molecular weight is 173 g/mol. The van der Waals surface area contributed by atoms with Crippen molar-refractivity contribution in [3.63, 3.8) is 0 Å². The summed E-state index contributed by atoms with van der Waals surface area (Å²) in [6, 6.07) is 0. The second-order valence-corrected chi connectivity index (χ2v) is 2.79. The molecule has 1 aliphatic rings. The van der Waals surface area contributed by atoms with E-state index >= 15 is 0 Å². The molecule has 0 radical (unpaired) electrons. The van der Waals surface area contributed by atoms with Crippen LogP contribution in [-0.4, -0.2) is 11.5 Å². The van der Waals surface area contributed by atoms with E-state index in [1.54, 1.807) is 0 Å². The fourth-order valence-corrected chi connectivity index (χ4v) is 1.47. The molecule has 0 atom stereocenters. The molecule has 0 unspecified atom stereocenters. The van der Waals surface area contributed by atoms with Crippen molar-refractivity contribution in [2.75, 3.05) is 11.9 Å². The lowest BCUT2D eigenvalue weighted by atomic mass is 10.2. The van der Waals surface area contributed by atoms with E-state index in [0.717, 1.165) is 24.7 Å². The third-order valence-electron chi connectivity index (χ3n) is 1.76. The zero-order valence-corrected chi connectivity index (χ0v) is 6.45. The summed E-state index contributed by atoms with van der Waals surface area (Å²) in [7, 11) is 0. The highest BCUT2D eigenvalue weighted by atomic mass is 35.5. The van der Waals surface area contributed by atoms with Crippen molar-refractivity contribution in [1.82, 2.24) is 4.98 Å². The number of halogens is 2. The summed E-state index contributed by atoms with van der Waals surface area (Å²) in [5.74, 6) is -0.318. The molecule has 0 saturated carbocycles. The van der Waals surface area contributed by atoms with Crippen LogP contribution in [0.5, 0.6) is 0 Å². The van der Waals surface area contributed by atoms with E-state index in [4.69, 9.17) is 11.6 Å². The molecule has 0 saturated heterocycles. The molecule has 1 aliphatic heterocycles. The van der Waals surface area contributed by atoms with Crippen LogP contribution in [0.15, 0.2) is 6.20 Å². The van der Waals surface area contributed by atoms with E-state index in [2.05, 4.69) is 10.3 Å². The van der Waals surface area contributed by atoms with Gasteiger partial charge in [0.05, 0.1) is 11.9 Å². The molecule has 0 fully saturated rings. The molecule has 1 aromatic heterocycles. The van der Waals surface area contributed by atoms with E-state index in [1.165, 1.54) is 0 Å². The fourth-order valence-electron chi connectivity index (χ4n) is 1.23. The monoisotopic (exact) mass is 172 g/mol. The van der Waals surface area contributed by atoms with E-state index in [0.29, 0.717) is 10.8 Å². The molecule has 0 spiro atoms.